The lowest BCUT2D eigenvalue weighted by Gasteiger charge is -2.44. The van der Waals surface area contributed by atoms with Crippen LogP contribution in [0, 0.1) is 17.3 Å². The fourth-order valence-electron chi connectivity index (χ4n) is 4.16. The van der Waals surface area contributed by atoms with Crippen LogP contribution in [0.25, 0.3) is 0 Å². The van der Waals surface area contributed by atoms with E-state index in [4.69, 9.17) is 9.47 Å². The number of hydrogen-bond acceptors (Lipinski definition) is 6. The Morgan fingerprint density at radius 1 is 1.48 bits per heavy atom. The molecule has 6 nitrogen and oxygen atoms in total. The lowest BCUT2D eigenvalue weighted by atomic mass is 9.64. The summed E-state index contributed by atoms with van der Waals surface area (Å²) < 4.78 is 10.5. The minimum Gasteiger partial charge on any atom is -0.465 e. The van der Waals surface area contributed by atoms with E-state index in [9.17, 15) is 19.5 Å². The Morgan fingerprint density at radius 2 is 2.17 bits per heavy atom. The second-order valence-corrected chi connectivity index (χ2v) is 6.76. The first-order chi connectivity index (χ1) is 10.7. The summed E-state index contributed by atoms with van der Waals surface area (Å²) in [5.74, 6) is -2.00. The van der Waals surface area contributed by atoms with E-state index in [1.165, 1.54) is 19.1 Å². The molecule has 0 radical (unpaired) electrons. The zero-order valence-electron chi connectivity index (χ0n) is 13.2. The Hall–Kier alpha value is -1.95. The molecule has 1 N–H and O–H groups in total. The van der Waals surface area contributed by atoms with Crippen LogP contribution in [0.5, 0.6) is 0 Å². The second kappa shape index (κ2) is 5.03. The van der Waals surface area contributed by atoms with Crippen molar-refractivity contribution in [3.63, 3.8) is 0 Å². The molecule has 3 rings (SSSR count). The summed E-state index contributed by atoms with van der Waals surface area (Å²) in [5.41, 5.74) is -2.48. The van der Waals surface area contributed by atoms with Crippen molar-refractivity contribution in [3.05, 3.63) is 24.3 Å². The largest absolute Gasteiger partial charge is 0.465 e. The predicted octanol–water partition coefficient (Wildman–Crippen LogP) is 0.934. The molecule has 0 bridgehead atoms. The van der Waals surface area contributed by atoms with Crippen molar-refractivity contribution < 1.29 is 29.0 Å². The molecule has 1 aliphatic heterocycles. The Kier molecular flexibility index (Phi) is 3.48. The van der Waals surface area contributed by atoms with Crippen LogP contribution >= 0.6 is 0 Å². The van der Waals surface area contributed by atoms with E-state index in [1.54, 1.807) is 6.92 Å². The molecule has 2 aliphatic carbocycles. The number of ketones is 1. The summed E-state index contributed by atoms with van der Waals surface area (Å²) in [4.78, 5) is 35.6. The predicted molar refractivity (Wildman–Crippen MR) is 79.1 cm³/mol. The molecule has 3 aliphatic rings. The third-order valence-electron chi connectivity index (χ3n) is 5.65. The van der Waals surface area contributed by atoms with Crippen LogP contribution in [0.3, 0.4) is 0 Å². The number of carbonyl (C=O) groups excluding carboxylic acids is 3. The highest BCUT2D eigenvalue weighted by atomic mass is 16.6. The molecule has 1 heterocycles. The lowest BCUT2D eigenvalue weighted by molar-refractivity contribution is -0.170. The van der Waals surface area contributed by atoms with E-state index in [0.717, 1.165) is 0 Å². The topological polar surface area (TPSA) is 89.9 Å². The average Bonchev–Trinajstić information content (AvgIpc) is 2.87. The van der Waals surface area contributed by atoms with Crippen LogP contribution in [0.1, 0.15) is 26.7 Å². The van der Waals surface area contributed by atoms with E-state index in [0.29, 0.717) is 18.4 Å². The minimum absolute atomic E-state index is 0.0128. The van der Waals surface area contributed by atoms with E-state index >= 15 is 0 Å². The Bertz CT molecular complexity index is 635. The van der Waals surface area contributed by atoms with E-state index < -0.39 is 35.0 Å². The number of aliphatic hydroxyl groups is 1. The maximum Gasteiger partial charge on any atom is 0.334 e. The molecule has 124 valence electrons. The van der Waals surface area contributed by atoms with Gasteiger partial charge in [0.2, 0.25) is 0 Å². The molecular formula is C17H20O6. The maximum atomic E-state index is 12.6. The summed E-state index contributed by atoms with van der Waals surface area (Å²) in [7, 11) is 0. The molecule has 2 fully saturated rings. The van der Waals surface area contributed by atoms with Crippen molar-refractivity contribution in [3.8, 4) is 0 Å². The molecule has 6 heteroatoms. The van der Waals surface area contributed by atoms with Gasteiger partial charge in [-0.15, -0.1) is 0 Å². The standard InChI is InChI=1S/C17H20O6/c1-9-12-5-4-11(8-22-10(2)18)17(21)7-6-13(19)16(17,3)14(12)23-15(9)20/h6-7,11-12,14,21H,1,4-5,8H2,2-3H3/t11-,12?,14?,16+,17-/m1/s1. The second-order valence-electron chi connectivity index (χ2n) is 6.76. The van der Waals surface area contributed by atoms with Gasteiger partial charge in [0.05, 0.1) is 6.61 Å². The van der Waals surface area contributed by atoms with E-state index in [-0.39, 0.29) is 18.3 Å². The molecule has 1 saturated carbocycles. The monoisotopic (exact) mass is 320 g/mol. The average molecular weight is 320 g/mol. The van der Waals surface area contributed by atoms with Gasteiger partial charge in [-0.25, -0.2) is 4.79 Å². The maximum absolute atomic E-state index is 12.6. The number of ether oxygens (including phenoxy) is 2. The van der Waals surface area contributed by atoms with Crippen LogP contribution < -0.4 is 0 Å². The van der Waals surface area contributed by atoms with Crippen LogP contribution in [0.4, 0.5) is 0 Å². The van der Waals surface area contributed by atoms with Gasteiger partial charge in [-0.2, -0.15) is 0 Å². The van der Waals surface area contributed by atoms with Gasteiger partial charge in [0, 0.05) is 24.3 Å². The van der Waals surface area contributed by atoms with Crippen LogP contribution in [-0.2, 0) is 23.9 Å². The molecule has 0 spiro atoms. The third kappa shape index (κ3) is 2.01. The van der Waals surface area contributed by atoms with Gasteiger partial charge in [-0.3, -0.25) is 9.59 Å². The quantitative estimate of drug-likeness (QED) is 0.601. The molecule has 0 aromatic carbocycles. The van der Waals surface area contributed by atoms with Crippen LogP contribution in [-0.4, -0.2) is 41.1 Å². The Balaban J connectivity index is 2.03. The fraction of sp³-hybridized carbons (Fsp3) is 0.588. The highest BCUT2D eigenvalue weighted by molar-refractivity contribution is 6.01. The zero-order chi connectivity index (χ0) is 17.0. The first-order valence-electron chi connectivity index (χ1n) is 7.71. The number of carbonyl (C=O) groups is 3. The highest BCUT2D eigenvalue weighted by Gasteiger charge is 2.67. The zero-order valence-corrected chi connectivity index (χ0v) is 13.2. The van der Waals surface area contributed by atoms with Crippen molar-refractivity contribution in [2.45, 2.75) is 38.4 Å². The minimum atomic E-state index is -1.52. The summed E-state index contributed by atoms with van der Waals surface area (Å²) in [5, 5.41) is 11.3. The number of hydrogen-bond donors (Lipinski definition) is 1. The van der Waals surface area contributed by atoms with Crippen molar-refractivity contribution in [1.82, 2.24) is 0 Å². The normalized spacial score (nSPS) is 42.0. The number of esters is 2. The Morgan fingerprint density at radius 3 is 2.83 bits per heavy atom. The number of fused-ring (bicyclic) bond motifs is 3. The van der Waals surface area contributed by atoms with Gasteiger partial charge >= 0.3 is 11.9 Å². The number of rotatable bonds is 2. The third-order valence-corrected chi connectivity index (χ3v) is 5.65. The van der Waals surface area contributed by atoms with Crippen LogP contribution in [0.2, 0.25) is 0 Å². The molecule has 0 aromatic heterocycles. The summed E-state index contributed by atoms with van der Waals surface area (Å²) in [6.45, 7) is 6.71. The molecule has 0 aromatic rings. The Labute approximate surface area is 134 Å². The molecule has 0 amide bonds. The van der Waals surface area contributed by atoms with Crippen molar-refractivity contribution in [1.29, 1.82) is 0 Å². The van der Waals surface area contributed by atoms with Crippen molar-refractivity contribution >= 4 is 17.7 Å². The van der Waals surface area contributed by atoms with Gasteiger partial charge in [0.25, 0.3) is 0 Å². The van der Waals surface area contributed by atoms with E-state index in [1.807, 2.05) is 0 Å². The molecule has 5 atom stereocenters. The van der Waals surface area contributed by atoms with Crippen molar-refractivity contribution in [2.75, 3.05) is 6.61 Å². The fourth-order valence-corrected chi connectivity index (χ4v) is 4.16. The first-order valence-corrected chi connectivity index (χ1v) is 7.71. The molecule has 1 saturated heterocycles. The van der Waals surface area contributed by atoms with Gasteiger partial charge in [-0.05, 0) is 31.9 Å². The highest BCUT2D eigenvalue weighted by Crippen LogP contribution is 2.56. The molecular weight excluding hydrogens is 300 g/mol. The number of allylic oxidation sites excluding steroid dienone is 1. The summed E-state index contributed by atoms with van der Waals surface area (Å²) in [6, 6.07) is 0. The van der Waals surface area contributed by atoms with Crippen LogP contribution in [0.15, 0.2) is 24.3 Å². The lowest BCUT2D eigenvalue weighted by Crippen LogP contribution is -2.58. The molecule has 23 heavy (non-hydrogen) atoms. The summed E-state index contributed by atoms with van der Waals surface area (Å²) >= 11 is 0. The van der Waals surface area contributed by atoms with Gasteiger partial charge < -0.3 is 14.6 Å². The van der Waals surface area contributed by atoms with Gasteiger partial charge in [0.15, 0.2) is 5.78 Å². The molecule has 2 unspecified atom stereocenters. The van der Waals surface area contributed by atoms with Crippen molar-refractivity contribution in [2.24, 2.45) is 17.3 Å². The first kappa shape index (κ1) is 15.9. The van der Waals surface area contributed by atoms with Gasteiger partial charge in [-0.1, -0.05) is 6.58 Å². The van der Waals surface area contributed by atoms with Gasteiger partial charge in [0.1, 0.15) is 17.1 Å². The van der Waals surface area contributed by atoms with E-state index in [2.05, 4.69) is 6.58 Å². The summed E-state index contributed by atoms with van der Waals surface area (Å²) in [6.07, 6.45) is 3.07. The smallest absolute Gasteiger partial charge is 0.334 e. The SMILES string of the molecule is C=C1C(=O)OC2C1CC[C@H](COC(C)=O)[C@]1(O)C=CC(=O)[C@@]21C.